The monoisotopic (exact) mass is 352 g/mol. The number of rotatable bonds is 7. The van der Waals surface area contributed by atoms with E-state index in [4.69, 9.17) is 0 Å². The van der Waals surface area contributed by atoms with Gasteiger partial charge in [0.05, 0.1) is 0 Å². The number of aromatic nitrogens is 2. The number of hydrogen-bond donors (Lipinski definition) is 0. The SMILES string of the molecule is CCCCCCc1ccc(-c2cnc(-c3ccc(F)cc3)nc2)c(F)c1. The molecule has 0 amide bonds. The number of halogens is 2. The topological polar surface area (TPSA) is 25.8 Å². The van der Waals surface area contributed by atoms with Crippen LogP contribution in [0, 0.1) is 11.6 Å². The first-order valence-corrected chi connectivity index (χ1v) is 9.04. The summed E-state index contributed by atoms with van der Waals surface area (Å²) in [6.07, 6.45) is 8.79. The first-order valence-electron chi connectivity index (χ1n) is 9.04. The highest BCUT2D eigenvalue weighted by Gasteiger charge is 2.09. The summed E-state index contributed by atoms with van der Waals surface area (Å²) in [6.45, 7) is 2.18. The lowest BCUT2D eigenvalue weighted by atomic mass is 10.0. The van der Waals surface area contributed by atoms with Crippen LogP contribution in [0.3, 0.4) is 0 Å². The van der Waals surface area contributed by atoms with Gasteiger partial charge in [0, 0.05) is 29.1 Å². The molecular formula is C22H22F2N2. The van der Waals surface area contributed by atoms with Gasteiger partial charge in [0.2, 0.25) is 0 Å². The van der Waals surface area contributed by atoms with Crippen molar-refractivity contribution in [1.29, 1.82) is 0 Å². The standard InChI is InChI=1S/C22H22F2N2/c1-2-3-4-5-6-16-7-12-20(21(24)13-16)18-14-25-22(26-15-18)17-8-10-19(23)11-9-17/h7-15H,2-6H2,1H3. The molecule has 0 saturated heterocycles. The third-order valence-corrected chi connectivity index (χ3v) is 4.42. The summed E-state index contributed by atoms with van der Waals surface area (Å²) in [5, 5.41) is 0. The molecule has 4 heteroatoms. The smallest absolute Gasteiger partial charge is 0.159 e. The van der Waals surface area contributed by atoms with Crippen LogP contribution in [-0.4, -0.2) is 9.97 Å². The highest BCUT2D eigenvalue weighted by Crippen LogP contribution is 2.25. The largest absolute Gasteiger partial charge is 0.236 e. The molecule has 26 heavy (non-hydrogen) atoms. The van der Waals surface area contributed by atoms with Crippen molar-refractivity contribution in [1.82, 2.24) is 9.97 Å². The molecule has 0 bridgehead atoms. The van der Waals surface area contributed by atoms with Crippen LogP contribution in [-0.2, 0) is 6.42 Å². The Kier molecular flexibility index (Phi) is 6.05. The molecule has 2 aromatic carbocycles. The van der Waals surface area contributed by atoms with Gasteiger partial charge in [-0.05, 0) is 48.7 Å². The van der Waals surface area contributed by atoms with Crippen molar-refractivity contribution in [3.63, 3.8) is 0 Å². The molecule has 0 unspecified atom stereocenters. The van der Waals surface area contributed by atoms with E-state index < -0.39 is 0 Å². The van der Waals surface area contributed by atoms with Gasteiger partial charge in [0.25, 0.3) is 0 Å². The maximum Gasteiger partial charge on any atom is 0.159 e. The summed E-state index contributed by atoms with van der Waals surface area (Å²) < 4.78 is 27.5. The van der Waals surface area contributed by atoms with Crippen molar-refractivity contribution >= 4 is 0 Å². The average molecular weight is 352 g/mol. The van der Waals surface area contributed by atoms with Crippen molar-refractivity contribution in [2.75, 3.05) is 0 Å². The zero-order valence-corrected chi connectivity index (χ0v) is 14.9. The fraction of sp³-hybridized carbons (Fsp3) is 0.273. The molecule has 1 heterocycles. The second-order valence-electron chi connectivity index (χ2n) is 6.43. The van der Waals surface area contributed by atoms with E-state index in [-0.39, 0.29) is 11.6 Å². The fourth-order valence-corrected chi connectivity index (χ4v) is 2.92. The highest BCUT2D eigenvalue weighted by atomic mass is 19.1. The van der Waals surface area contributed by atoms with E-state index in [1.807, 2.05) is 6.07 Å². The van der Waals surface area contributed by atoms with Gasteiger partial charge in [0.1, 0.15) is 11.6 Å². The highest BCUT2D eigenvalue weighted by molar-refractivity contribution is 5.64. The Labute approximate surface area is 153 Å². The van der Waals surface area contributed by atoms with E-state index >= 15 is 0 Å². The molecule has 3 aromatic rings. The minimum atomic E-state index is -0.303. The second kappa shape index (κ2) is 8.65. The Hall–Kier alpha value is -2.62. The molecule has 0 radical (unpaired) electrons. The number of unbranched alkanes of at least 4 members (excludes halogenated alkanes) is 3. The van der Waals surface area contributed by atoms with Crippen LogP contribution in [0.4, 0.5) is 8.78 Å². The van der Waals surface area contributed by atoms with Crippen LogP contribution < -0.4 is 0 Å². The van der Waals surface area contributed by atoms with Crippen molar-refractivity contribution in [2.24, 2.45) is 0 Å². The van der Waals surface area contributed by atoms with E-state index in [1.54, 1.807) is 36.7 Å². The van der Waals surface area contributed by atoms with Gasteiger partial charge in [-0.15, -0.1) is 0 Å². The molecule has 1 aromatic heterocycles. The van der Waals surface area contributed by atoms with E-state index in [2.05, 4.69) is 16.9 Å². The van der Waals surface area contributed by atoms with Crippen LogP contribution >= 0.6 is 0 Å². The van der Waals surface area contributed by atoms with Gasteiger partial charge in [0.15, 0.2) is 5.82 Å². The predicted molar refractivity (Wildman–Crippen MR) is 101 cm³/mol. The molecule has 0 aliphatic carbocycles. The Morgan fingerprint density at radius 1 is 0.808 bits per heavy atom. The maximum atomic E-state index is 14.5. The molecule has 0 spiro atoms. The van der Waals surface area contributed by atoms with E-state index in [0.29, 0.717) is 17.0 Å². The summed E-state index contributed by atoms with van der Waals surface area (Å²) >= 11 is 0. The first kappa shape index (κ1) is 18.2. The Morgan fingerprint density at radius 2 is 1.54 bits per heavy atom. The Bertz CT molecular complexity index is 843. The lowest BCUT2D eigenvalue weighted by molar-refractivity contribution is 0.624. The number of benzene rings is 2. The molecule has 0 N–H and O–H groups in total. The van der Waals surface area contributed by atoms with Gasteiger partial charge in [-0.3, -0.25) is 0 Å². The summed E-state index contributed by atoms with van der Waals surface area (Å²) in [5.41, 5.74) is 2.87. The van der Waals surface area contributed by atoms with Crippen molar-refractivity contribution < 1.29 is 8.78 Å². The van der Waals surface area contributed by atoms with E-state index in [0.717, 1.165) is 24.0 Å². The fourth-order valence-electron chi connectivity index (χ4n) is 2.92. The molecule has 0 atom stereocenters. The second-order valence-corrected chi connectivity index (χ2v) is 6.43. The maximum absolute atomic E-state index is 14.5. The van der Waals surface area contributed by atoms with Crippen LogP contribution in [0.5, 0.6) is 0 Å². The van der Waals surface area contributed by atoms with Crippen LogP contribution in [0.15, 0.2) is 54.9 Å². The molecule has 3 rings (SSSR count). The van der Waals surface area contributed by atoms with Gasteiger partial charge in [-0.25, -0.2) is 18.7 Å². The summed E-state index contributed by atoms with van der Waals surface area (Å²) in [7, 11) is 0. The molecule has 0 fully saturated rings. The van der Waals surface area contributed by atoms with Crippen molar-refractivity contribution in [3.05, 3.63) is 72.1 Å². The lowest BCUT2D eigenvalue weighted by Gasteiger charge is -2.07. The molecule has 0 aliphatic rings. The Morgan fingerprint density at radius 3 is 2.19 bits per heavy atom. The first-order chi connectivity index (χ1) is 12.7. The summed E-state index contributed by atoms with van der Waals surface area (Å²) in [4.78, 5) is 8.58. The number of hydrogen-bond acceptors (Lipinski definition) is 2. The normalized spacial score (nSPS) is 10.9. The minimum Gasteiger partial charge on any atom is -0.236 e. The van der Waals surface area contributed by atoms with Crippen LogP contribution in [0.2, 0.25) is 0 Å². The van der Waals surface area contributed by atoms with Crippen LogP contribution in [0.1, 0.15) is 38.2 Å². The molecule has 0 saturated carbocycles. The molecule has 2 nitrogen and oxygen atoms in total. The van der Waals surface area contributed by atoms with Crippen molar-refractivity contribution in [2.45, 2.75) is 39.0 Å². The predicted octanol–water partition coefficient (Wildman–Crippen LogP) is 6.21. The van der Waals surface area contributed by atoms with Gasteiger partial charge >= 0.3 is 0 Å². The Balaban J connectivity index is 1.73. The minimum absolute atomic E-state index is 0.254. The number of aryl methyl sites for hydroxylation is 1. The van der Waals surface area contributed by atoms with Crippen LogP contribution in [0.25, 0.3) is 22.5 Å². The van der Waals surface area contributed by atoms with E-state index in [1.165, 1.54) is 31.4 Å². The van der Waals surface area contributed by atoms with Gasteiger partial charge in [-0.1, -0.05) is 38.3 Å². The lowest BCUT2D eigenvalue weighted by Crippen LogP contribution is -1.93. The zero-order valence-electron chi connectivity index (χ0n) is 14.9. The third-order valence-electron chi connectivity index (χ3n) is 4.42. The van der Waals surface area contributed by atoms with Gasteiger partial charge < -0.3 is 0 Å². The average Bonchev–Trinajstić information content (AvgIpc) is 2.66. The zero-order chi connectivity index (χ0) is 18.4. The number of nitrogens with zero attached hydrogens (tertiary/aromatic N) is 2. The summed E-state index contributed by atoms with van der Waals surface area (Å²) in [5.74, 6) is -0.0694. The molecule has 0 aliphatic heterocycles. The third kappa shape index (κ3) is 4.51. The van der Waals surface area contributed by atoms with Gasteiger partial charge in [-0.2, -0.15) is 0 Å². The van der Waals surface area contributed by atoms with E-state index in [9.17, 15) is 8.78 Å². The summed E-state index contributed by atoms with van der Waals surface area (Å²) in [6, 6.07) is 11.3. The van der Waals surface area contributed by atoms with Crippen molar-refractivity contribution in [3.8, 4) is 22.5 Å². The molecular weight excluding hydrogens is 330 g/mol. The molecule has 134 valence electrons. The quantitative estimate of drug-likeness (QED) is 0.472.